The van der Waals surface area contributed by atoms with Crippen LogP contribution in [0.25, 0.3) is 5.69 Å². The van der Waals surface area contributed by atoms with Gasteiger partial charge in [0.05, 0.1) is 16.3 Å². The third-order valence-electron chi connectivity index (χ3n) is 3.60. The summed E-state index contributed by atoms with van der Waals surface area (Å²) in [5.74, 6) is -0.340. The SMILES string of the molecule is CNS(=O)(=O)c1ccc(C(=O)Nc2ccccc2-n2cccn2)cc1. The van der Waals surface area contributed by atoms with Crippen LogP contribution >= 0.6 is 0 Å². The Bertz CT molecular complexity index is 981. The van der Waals surface area contributed by atoms with Gasteiger partial charge in [0.15, 0.2) is 0 Å². The van der Waals surface area contributed by atoms with E-state index in [2.05, 4.69) is 15.1 Å². The molecule has 0 saturated heterocycles. The summed E-state index contributed by atoms with van der Waals surface area (Å²) in [5, 5.41) is 6.99. The minimum atomic E-state index is -3.53. The average molecular weight is 356 g/mol. The van der Waals surface area contributed by atoms with Crippen LogP contribution in [0, 0.1) is 0 Å². The molecule has 0 unspecified atom stereocenters. The van der Waals surface area contributed by atoms with Gasteiger partial charge in [-0.3, -0.25) is 4.79 Å². The first kappa shape index (κ1) is 16.9. The highest BCUT2D eigenvalue weighted by molar-refractivity contribution is 7.89. The second-order valence-electron chi connectivity index (χ2n) is 5.15. The zero-order valence-corrected chi connectivity index (χ0v) is 14.2. The van der Waals surface area contributed by atoms with E-state index in [0.29, 0.717) is 11.3 Å². The molecule has 2 N–H and O–H groups in total. The molecule has 3 aromatic rings. The molecule has 0 aliphatic heterocycles. The van der Waals surface area contributed by atoms with E-state index in [0.717, 1.165) is 5.69 Å². The van der Waals surface area contributed by atoms with E-state index in [1.807, 2.05) is 18.2 Å². The molecular formula is C17H16N4O3S. The maximum atomic E-state index is 12.5. The smallest absolute Gasteiger partial charge is 0.255 e. The number of nitrogens with one attached hydrogen (secondary N) is 2. The van der Waals surface area contributed by atoms with Gasteiger partial charge < -0.3 is 5.32 Å². The average Bonchev–Trinajstić information content (AvgIpc) is 3.17. The number of carbonyl (C=O) groups is 1. The van der Waals surface area contributed by atoms with Crippen molar-refractivity contribution in [3.63, 3.8) is 0 Å². The number of amides is 1. The van der Waals surface area contributed by atoms with Gasteiger partial charge >= 0.3 is 0 Å². The molecule has 8 heteroatoms. The number of anilines is 1. The van der Waals surface area contributed by atoms with Crippen LogP contribution in [0.4, 0.5) is 5.69 Å². The minimum absolute atomic E-state index is 0.100. The number of nitrogens with zero attached hydrogens (tertiary/aromatic N) is 2. The predicted molar refractivity (Wildman–Crippen MR) is 94.2 cm³/mol. The summed E-state index contributed by atoms with van der Waals surface area (Å²) in [7, 11) is -2.19. The first-order valence-electron chi connectivity index (χ1n) is 7.45. The lowest BCUT2D eigenvalue weighted by atomic mass is 10.2. The van der Waals surface area contributed by atoms with Gasteiger partial charge in [-0.2, -0.15) is 5.10 Å². The standard InChI is InChI=1S/C17H16N4O3S/c1-18-25(23,24)14-9-7-13(8-10-14)17(22)20-15-5-2-3-6-16(15)21-12-4-11-19-21/h2-12,18H,1H3,(H,20,22). The van der Waals surface area contributed by atoms with Gasteiger partial charge in [-0.1, -0.05) is 12.1 Å². The van der Waals surface area contributed by atoms with Crippen molar-refractivity contribution in [2.75, 3.05) is 12.4 Å². The molecule has 7 nitrogen and oxygen atoms in total. The van der Waals surface area contributed by atoms with Crippen LogP contribution in [-0.4, -0.2) is 31.2 Å². The number of rotatable bonds is 5. The first-order chi connectivity index (χ1) is 12.0. The second-order valence-corrected chi connectivity index (χ2v) is 7.04. The zero-order valence-electron chi connectivity index (χ0n) is 13.4. The molecule has 3 rings (SSSR count). The topological polar surface area (TPSA) is 93.1 Å². The lowest BCUT2D eigenvalue weighted by Gasteiger charge is -2.11. The Morgan fingerprint density at radius 3 is 2.40 bits per heavy atom. The number of benzene rings is 2. The van der Waals surface area contributed by atoms with Crippen molar-refractivity contribution in [1.29, 1.82) is 0 Å². The molecule has 25 heavy (non-hydrogen) atoms. The van der Waals surface area contributed by atoms with Crippen molar-refractivity contribution in [1.82, 2.24) is 14.5 Å². The van der Waals surface area contributed by atoms with Gasteiger partial charge in [0.2, 0.25) is 10.0 Å². The Hall–Kier alpha value is -2.97. The fraction of sp³-hybridized carbons (Fsp3) is 0.0588. The van der Waals surface area contributed by atoms with Crippen LogP contribution in [0.1, 0.15) is 10.4 Å². The van der Waals surface area contributed by atoms with Crippen molar-refractivity contribution < 1.29 is 13.2 Å². The highest BCUT2D eigenvalue weighted by Gasteiger charge is 2.14. The molecule has 0 atom stereocenters. The first-order valence-corrected chi connectivity index (χ1v) is 8.93. The molecule has 128 valence electrons. The Balaban J connectivity index is 1.84. The van der Waals surface area contributed by atoms with Crippen molar-refractivity contribution in [3.8, 4) is 5.69 Å². The summed E-state index contributed by atoms with van der Waals surface area (Å²) in [4.78, 5) is 12.6. The van der Waals surface area contributed by atoms with Gasteiger partial charge in [-0.25, -0.2) is 17.8 Å². The summed E-state index contributed by atoms with van der Waals surface area (Å²) in [5.41, 5.74) is 1.68. The van der Waals surface area contributed by atoms with Gasteiger partial charge in [0, 0.05) is 18.0 Å². The van der Waals surface area contributed by atoms with Crippen molar-refractivity contribution in [3.05, 3.63) is 72.6 Å². The normalized spacial score (nSPS) is 11.2. The zero-order chi connectivity index (χ0) is 17.9. The monoisotopic (exact) mass is 356 g/mol. The highest BCUT2D eigenvalue weighted by atomic mass is 32.2. The lowest BCUT2D eigenvalue weighted by molar-refractivity contribution is 0.102. The summed E-state index contributed by atoms with van der Waals surface area (Å²) in [6.07, 6.45) is 3.43. The Labute approximate surface area is 145 Å². The fourth-order valence-corrected chi connectivity index (χ4v) is 3.02. The molecule has 1 aromatic heterocycles. The molecule has 1 heterocycles. The third kappa shape index (κ3) is 3.59. The summed E-state index contributed by atoms with van der Waals surface area (Å²) < 4.78 is 27.3. The van der Waals surface area contributed by atoms with E-state index >= 15 is 0 Å². The quantitative estimate of drug-likeness (QED) is 0.731. The summed E-state index contributed by atoms with van der Waals surface area (Å²) >= 11 is 0. The van der Waals surface area contributed by atoms with Crippen LogP contribution in [0.15, 0.2) is 71.9 Å². The van der Waals surface area contributed by atoms with E-state index in [4.69, 9.17) is 0 Å². The maximum absolute atomic E-state index is 12.5. The lowest BCUT2D eigenvalue weighted by Crippen LogP contribution is -2.19. The summed E-state index contributed by atoms with van der Waals surface area (Å²) in [6, 6.07) is 14.8. The van der Waals surface area contributed by atoms with E-state index < -0.39 is 10.0 Å². The van der Waals surface area contributed by atoms with E-state index in [1.165, 1.54) is 31.3 Å². The van der Waals surface area contributed by atoms with E-state index in [9.17, 15) is 13.2 Å². The number of para-hydroxylation sites is 2. The molecule has 0 radical (unpaired) electrons. The van der Waals surface area contributed by atoms with Gasteiger partial charge in [-0.15, -0.1) is 0 Å². The Kier molecular flexibility index (Phi) is 4.64. The van der Waals surface area contributed by atoms with Crippen LogP contribution in [-0.2, 0) is 10.0 Å². The minimum Gasteiger partial charge on any atom is -0.320 e. The predicted octanol–water partition coefficient (Wildman–Crippen LogP) is 2.03. The number of carbonyl (C=O) groups excluding carboxylic acids is 1. The maximum Gasteiger partial charge on any atom is 0.255 e. The Morgan fingerprint density at radius 1 is 1.04 bits per heavy atom. The van der Waals surface area contributed by atoms with Gasteiger partial charge in [0.1, 0.15) is 0 Å². The molecule has 0 saturated carbocycles. The second kappa shape index (κ2) is 6.88. The summed E-state index contributed by atoms with van der Waals surface area (Å²) in [6.45, 7) is 0. The van der Waals surface area contributed by atoms with Crippen LogP contribution in [0.3, 0.4) is 0 Å². The Morgan fingerprint density at radius 2 is 1.76 bits per heavy atom. The van der Waals surface area contributed by atoms with Crippen molar-refractivity contribution in [2.24, 2.45) is 0 Å². The molecule has 2 aromatic carbocycles. The number of sulfonamides is 1. The van der Waals surface area contributed by atoms with Crippen LogP contribution in [0.2, 0.25) is 0 Å². The highest BCUT2D eigenvalue weighted by Crippen LogP contribution is 2.20. The van der Waals surface area contributed by atoms with Gasteiger partial charge in [0.25, 0.3) is 5.91 Å². The number of hydrogen-bond donors (Lipinski definition) is 2. The molecule has 0 aliphatic carbocycles. The molecular weight excluding hydrogens is 340 g/mol. The number of hydrogen-bond acceptors (Lipinski definition) is 4. The third-order valence-corrected chi connectivity index (χ3v) is 5.03. The van der Waals surface area contributed by atoms with Crippen molar-refractivity contribution >= 4 is 21.6 Å². The molecule has 1 amide bonds. The van der Waals surface area contributed by atoms with Crippen LogP contribution in [0.5, 0.6) is 0 Å². The molecule has 0 bridgehead atoms. The van der Waals surface area contributed by atoms with E-state index in [1.54, 1.807) is 29.2 Å². The largest absolute Gasteiger partial charge is 0.320 e. The number of aromatic nitrogens is 2. The molecule has 0 aliphatic rings. The van der Waals surface area contributed by atoms with E-state index in [-0.39, 0.29) is 10.8 Å². The molecule has 0 spiro atoms. The van der Waals surface area contributed by atoms with Crippen LogP contribution < -0.4 is 10.0 Å². The fourth-order valence-electron chi connectivity index (χ4n) is 2.29. The van der Waals surface area contributed by atoms with Crippen molar-refractivity contribution in [2.45, 2.75) is 4.90 Å². The van der Waals surface area contributed by atoms with Gasteiger partial charge in [-0.05, 0) is 49.5 Å². The molecule has 0 fully saturated rings.